The molecule has 0 atom stereocenters. The van der Waals surface area contributed by atoms with Gasteiger partial charge in [-0.3, -0.25) is 4.99 Å². The van der Waals surface area contributed by atoms with Crippen LogP contribution in [0.15, 0.2) is 23.2 Å². The Hall–Kier alpha value is -1.29. The zero-order valence-corrected chi connectivity index (χ0v) is 14.2. The van der Waals surface area contributed by atoms with Gasteiger partial charge in [-0.15, -0.1) is 30.4 Å². The third kappa shape index (κ3) is 6.75. The second-order valence-corrected chi connectivity index (χ2v) is 4.14. The summed E-state index contributed by atoms with van der Waals surface area (Å²) in [5.74, 6) is 3.01. The second kappa shape index (κ2) is 10.5. The first-order valence-electron chi connectivity index (χ1n) is 6.38. The normalized spacial score (nSPS) is 10.4. The van der Waals surface area contributed by atoms with E-state index < -0.39 is 0 Å². The lowest BCUT2D eigenvalue weighted by Gasteiger charge is -2.09. The lowest BCUT2D eigenvalue weighted by molar-refractivity contribution is 0.625. The minimum Gasteiger partial charge on any atom is -0.357 e. The van der Waals surface area contributed by atoms with E-state index in [1.54, 1.807) is 6.07 Å². The molecular weight excluding hydrogens is 368 g/mol. The number of aryl methyl sites for hydroxylation is 1. The number of halogens is 2. The number of rotatable bonds is 5. The van der Waals surface area contributed by atoms with Crippen molar-refractivity contribution in [2.24, 2.45) is 4.99 Å². The first-order chi connectivity index (χ1) is 9.17. The molecule has 0 radical (unpaired) electrons. The van der Waals surface area contributed by atoms with Crippen LogP contribution in [0.3, 0.4) is 0 Å². The smallest absolute Gasteiger partial charge is 0.192 e. The van der Waals surface area contributed by atoms with E-state index in [2.05, 4.69) is 21.5 Å². The third-order valence-corrected chi connectivity index (χ3v) is 2.66. The van der Waals surface area contributed by atoms with E-state index in [-0.39, 0.29) is 29.8 Å². The molecule has 0 fully saturated rings. The van der Waals surface area contributed by atoms with Crippen LogP contribution in [0.2, 0.25) is 0 Å². The van der Waals surface area contributed by atoms with E-state index in [4.69, 9.17) is 6.42 Å². The van der Waals surface area contributed by atoms with Crippen LogP contribution in [-0.4, -0.2) is 25.6 Å². The quantitative estimate of drug-likeness (QED) is 0.352. The van der Waals surface area contributed by atoms with Crippen LogP contribution in [-0.2, 0) is 6.42 Å². The van der Waals surface area contributed by atoms with Crippen LogP contribution < -0.4 is 10.6 Å². The largest absolute Gasteiger partial charge is 0.357 e. The standard InChI is InChI=1S/C15H20FN3.HI/c1-4-9-18-15(17-5-2)19-10-8-13-6-7-14(16)11-12(13)3;/h1,6-7,11H,5,8-10H2,2-3H3,(H2,17,18,19);1H. The fourth-order valence-corrected chi connectivity index (χ4v) is 1.70. The van der Waals surface area contributed by atoms with Crippen LogP contribution in [0, 0.1) is 25.1 Å². The van der Waals surface area contributed by atoms with Crippen molar-refractivity contribution >= 4 is 29.9 Å². The first-order valence-corrected chi connectivity index (χ1v) is 6.38. The molecule has 0 heterocycles. The van der Waals surface area contributed by atoms with Crippen molar-refractivity contribution in [2.45, 2.75) is 20.3 Å². The number of nitrogens with zero attached hydrogens (tertiary/aromatic N) is 1. The summed E-state index contributed by atoms with van der Waals surface area (Å²) in [6, 6.07) is 4.83. The van der Waals surface area contributed by atoms with Crippen molar-refractivity contribution in [3.05, 3.63) is 35.1 Å². The average molecular weight is 389 g/mol. The van der Waals surface area contributed by atoms with Crippen LogP contribution in [0.4, 0.5) is 4.39 Å². The molecule has 20 heavy (non-hydrogen) atoms. The minimum absolute atomic E-state index is 0. The van der Waals surface area contributed by atoms with Gasteiger partial charge in [0.1, 0.15) is 5.82 Å². The van der Waals surface area contributed by atoms with Crippen molar-refractivity contribution < 1.29 is 4.39 Å². The minimum atomic E-state index is -0.200. The highest BCUT2D eigenvalue weighted by molar-refractivity contribution is 14.0. The predicted octanol–water partition coefficient (Wildman–Crippen LogP) is 2.48. The van der Waals surface area contributed by atoms with E-state index >= 15 is 0 Å². The fourth-order valence-electron chi connectivity index (χ4n) is 1.70. The molecule has 0 aliphatic rings. The molecule has 0 bridgehead atoms. The monoisotopic (exact) mass is 389 g/mol. The van der Waals surface area contributed by atoms with Gasteiger partial charge < -0.3 is 10.6 Å². The van der Waals surface area contributed by atoms with Crippen LogP contribution in [0.5, 0.6) is 0 Å². The zero-order valence-electron chi connectivity index (χ0n) is 11.9. The van der Waals surface area contributed by atoms with Gasteiger partial charge in [0.2, 0.25) is 0 Å². The molecule has 3 nitrogen and oxygen atoms in total. The zero-order chi connectivity index (χ0) is 14.1. The highest BCUT2D eigenvalue weighted by Crippen LogP contribution is 2.10. The Kier molecular flexibility index (Phi) is 9.82. The molecule has 2 N–H and O–H groups in total. The maximum absolute atomic E-state index is 13.0. The molecule has 1 aromatic rings. The van der Waals surface area contributed by atoms with E-state index in [1.807, 2.05) is 19.9 Å². The van der Waals surface area contributed by atoms with Crippen LogP contribution >= 0.6 is 24.0 Å². The van der Waals surface area contributed by atoms with Crippen molar-refractivity contribution in [1.29, 1.82) is 0 Å². The Morgan fingerprint density at radius 1 is 1.40 bits per heavy atom. The third-order valence-electron chi connectivity index (χ3n) is 2.66. The Bertz CT molecular complexity index is 480. The Balaban J connectivity index is 0.00000361. The van der Waals surface area contributed by atoms with Crippen molar-refractivity contribution in [3.8, 4) is 12.3 Å². The summed E-state index contributed by atoms with van der Waals surface area (Å²) >= 11 is 0. The summed E-state index contributed by atoms with van der Waals surface area (Å²) < 4.78 is 13.0. The molecule has 1 aromatic carbocycles. The van der Waals surface area contributed by atoms with Crippen molar-refractivity contribution in [3.63, 3.8) is 0 Å². The van der Waals surface area contributed by atoms with Crippen LogP contribution in [0.1, 0.15) is 18.1 Å². The fraction of sp³-hybridized carbons (Fsp3) is 0.400. The summed E-state index contributed by atoms with van der Waals surface area (Å²) in [5, 5.41) is 6.13. The van der Waals surface area contributed by atoms with Crippen LogP contribution in [0.25, 0.3) is 0 Å². The van der Waals surface area contributed by atoms with E-state index in [0.717, 1.165) is 24.1 Å². The molecule has 5 heteroatoms. The molecule has 0 amide bonds. The number of aliphatic imine (C=N–C) groups is 1. The number of hydrogen-bond donors (Lipinski definition) is 2. The molecule has 0 unspecified atom stereocenters. The number of benzene rings is 1. The summed E-state index contributed by atoms with van der Waals surface area (Å²) in [5.41, 5.74) is 2.06. The number of nitrogens with one attached hydrogen (secondary N) is 2. The molecule has 0 aliphatic carbocycles. The number of hydrogen-bond acceptors (Lipinski definition) is 1. The second-order valence-electron chi connectivity index (χ2n) is 4.14. The van der Waals surface area contributed by atoms with E-state index in [1.165, 1.54) is 6.07 Å². The maximum Gasteiger partial charge on any atom is 0.192 e. The molecule has 0 saturated carbocycles. The molecule has 0 aromatic heterocycles. The summed E-state index contributed by atoms with van der Waals surface area (Å²) in [4.78, 5) is 4.41. The van der Waals surface area contributed by atoms with Gasteiger partial charge in [-0.05, 0) is 43.5 Å². The Labute approximate surface area is 137 Å². The summed E-state index contributed by atoms with van der Waals surface area (Å²) in [7, 11) is 0. The van der Waals surface area contributed by atoms with Gasteiger partial charge in [0.15, 0.2) is 5.96 Å². The Morgan fingerprint density at radius 2 is 2.15 bits per heavy atom. The maximum atomic E-state index is 13.0. The van der Waals surface area contributed by atoms with Gasteiger partial charge in [0.25, 0.3) is 0 Å². The molecule has 0 saturated heterocycles. The van der Waals surface area contributed by atoms with E-state index in [9.17, 15) is 4.39 Å². The van der Waals surface area contributed by atoms with Gasteiger partial charge in [0, 0.05) is 13.1 Å². The molecule has 0 aliphatic heterocycles. The summed E-state index contributed by atoms with van der Waals surface area (Å²) in [6.45, 7) is 5.76. The SMILES string of the molecule is C#CCNC(=NCCc1ccc(F)cc1C)NCC.I. The number of terminal acetylenes is 1. The first kappa shape index (κ1) is 18.7. The predicted molar refractivity (Wildman–Crippen MR) is 93.1 cm³/mol. The average Bonchev–Trinajstić information content (AvgIpc) is 2.38. The highest BCUT2D eigenvalue weighted by Gasteiger charge is 2.00. The Morgan fingerprint density at radius 3 is 2.75 bits per heavy atom. The highest BCUT2D eigenvalue weighted by atomic mass is 127. The summed E-state index contributed by atoms with van der Waals surface area (Å²) in [6.07, 6.45) is 5.97. The lowest BCUT2D eigenvalue weighted by atomic mass is 10.1. The van der Waals surface area contributed by atoms with E-state index in [0.29, 0.717) is 19.0 Å². The molecular formula is C15H21FIN3. The molecule has 0 spiro atoms. The van der Waals surface area contributed by atoms with Gasteiger partial charge in [-0.25, -0.2) is 4.39 Å². The van der Waals surface area contributed by atoms with Gasteiger partial charge in [-0.1, -0.05) is 12.0 Å². The number of guanidine groups is 1. The lowest BCUT2D eigenvalue weighted by Crippen LogP contribution is -2.37. The van der Waals surface area contributed by atoms with Gasteiger partial charge >= 0.3 is 0 Å². The molecule has 110 valence electrons. The molecule has 1 rings (SSSR count). The van der Waals surface area contributed by atoms with Crippen molar-refractivity contribution in [2.75, 3.05) is 19.6 Å². The van der Waals surface area contributed by atoms with Gasteiger partial charge in [0.05, 0.1) is 6.54 Å². The van der Waals surface area contributed by atoms with Crippen molar-refractivity contribution in [1.82, 2.24) is 10.6 Å². The topological polar surface area (TPSA) is 36.4 Å². The van der Waals surface area contributed by atoms with Gasteiger partial charge in [-0.2, -0.15) is 0 Å².